The van der Waals surface area contributed by atoms with Crippen molar-refractivity contribution in [3.8, 4) is 34.0 Å². The molecule has 0 amide bonds. The number of aromatic amines is 1. The lowest BCUT2D eigenvalue weighted by Gasteiger charge is -2.16. The van der Waals surface area contributed by atoms with Gasteiger partial charge in [-0.05, 0) is 60.7 Å². The van der Waals surface area contributed by atoms with Crippen molar-refractivity contribution >= 4 is 0 Å². The second-order valence-corrected chi connectivity index (χ2v) is 10.3. The molecule has 1 atom stereocenters. The van der Waals surface area contributed by atoms with Gasteiger partial charge in [0.15, 0.2) is 5.82 Å². The summed E-state index contributed by atoms with van der Waals surface area (Å²) in [5.41, 5.74) is 7.12. The van der Waals surface area contributed by atoms with E-state index in [0.29, 0.717) is 23.6 Å². The molecule has 0 spiro atoms. The molecule has 0 aliphatic carbocycles. The number of hydrogen-bond donors (Lipinski definition) is 1. The van der Waals surface area contributed by atoms with Gasteiger partial charge in [-0.25, -0.2) is 9.78 Å². The Morgan fingerprint density at radius 2 is 1.80 bits per heavy atom. The van der Waals surface area contributed by atoms with Crippen LogP contribution in [0.2, 0.25) is 0 Å². The molecule has 1 unspecified atom stereocenters. The van der Waals surface area contributed by atoms with E-state index in [1.54, 1.807) is 4.57 Å². The van der Waals surface area contributed by atoms with Crippen LogP contribution >= 0.6 is 0 Å². The minimum atomic E-state index is -0.594. The van der Waals surface area contributed by atoms with Crippen molar-refractivity contribution in [3.05, 3.63) is 116 Å². The van der Waals surface area contributed by atoms with Gasteiger partial charge < -0.3 is 4.74 Å². The maximum atomic E-state index is 14.0. The summed E-state index contributed by atoms with van der Waals surface area (Å²) in [4.78, 5) is 33.0. The van der Waals surface area contributed by atoms with Crippen LogP contribution in [0.5, 0.6) is 5.75 Å². The maximum Gasteiger partial charge on any atom is 0.439 e. The van der Waals surface area contributed by atoms with E-state index in [2.05, 4.69) is 24.0 Å². The zero-order chi connectivity index (χ0) is 27.8. The molecule has 0 saturated carbocycles. The average Bonchev–Trinajstić information content (AvgIpc) is 3.55. The Bertz CT molecular complexity index is 1810. The molecule has 202 valence electrons. The summed E-state index contributed by atoms with van der Waals surface area (Å²) in [5, 5.41) is 3.85. The van der Waals surface area contributed by atoms with E-state index in [1.165, 1.54) is 0 Å². The van der Waals surface area contributed by atoms with Gasteiger partial charge in [-0.3, -0.25) is 18.9 Å². The molecule has 8 heteroatoms. The van der Waals surface area contributed by atoms with Crippen LogP contribution in [0.3, 0.4) is 0 Å². The summed E-state index contributed by atoms with van der Waals surface area (Å²) >= 11 is 0. The number of rotatable bonds is 7. The van der Waals surface area contributed by atoms with E-state index in [1.807, 2.05) is 73.7 Å². The molecule has 1 aliphatic heterocycles. The molecule has 3 heterocycles. The minimum absolute atomic E-state index is 0.0349. The van der Waals surface area contributed by atoms with Crippen LogP contribution in [-0.4, -0.2) is 25.8 Å². The van der Waals surface area contributed by atoms with Gasteiger partial charge >= 0.3 is 5.76 Å². The molecule has 0 saturated heterocycles. The number of nitrogens with one attached hydrogen (secondary N) is 1. The topological polar surface area (TPSA) is 103 Å². The number of ether oxygens (including phenoxy) is 1. The molecule has 5 aromatic rings. The predicted molar refractivity (Wildman–Crippen MR) is 153 cm³/mol. The van der Waals surface area contributed by atoms with Crippen molar-refractivity contribution < 1.29 is 9.26 Å². The van der Waals surface area contributed by atoms with Gasteiger partial charge in [0.2, 0.25) is 0 Å². The van der Waals surface area contributed by atoms with Gasteiger partial charge in [0.05, 0.1) is 11.4 Å². The number of benzene rings is 3. The zero-order valence-corrected chi connectivity index (χ0v) is 22.7. The van der Waals surface area contributed by atoms with E-state index in [9.17, 15) is 9.59 Å². The van der Waals surface area contributed by atoms with Gasteiger partial charge in [-0.2, -0.15) is 0 Å². The standard InChI is InChI=1S/C32H30N4O4/c1-4-7-28-27(31(37)36(20(3)33-28)24-14-15-29-23(18-24)16-19(2)39-29)17-21-10-12-22(13-11-21)25-8-5-6-9-26(25)30-34-32(38)40-35-30/h5-6,8-15,18-19H,4,7,16-17H2,1-3H3,(H,34,35,38). The Morgan fingerprint density at radius 3 is 2.52 bits per heavy atom. The maximum absolute atomic E-state index is 14.0. The Morgan fingerprint density at radius 1 is 1.02 bits per heavy atom. The van der Waals surface area contributed by atoms with Crippen molar-refractivity contribution in [2.75, 3.05) is 0 Å². The lowest BCUT2D eigenvalue weighted by Crippen LogP contribution is -2.28. The van der Waals surface area contributed by atoms with E-state index < -0.39 is 5.76 Å². The fourth-order valence-corrected chi connectivity index (χ4v) is 5.48. The van der Waals surface area contributed by atoms with Crippen LogP contribution in [0.15, 0.2) is 80.8 Å². The fraction of sp³-hybridized carbons (Fsp3) is 0.250. The van der Waals surface area contributed by atoms with Gasteiger partial charge in [0.1, 0.15) is 17.7 Å². The van der Waals surface area contributed by atoms with Crippen LogP contribution in [0, 0.1) is 6.92 Å². The lowest BCUT2D eigenvalue weighted by atomic mass is 9.96. The van der Waals surface area contributed by atoms with Gasteiger partial charge in [0, 0.05) is 24.0 Å². The first-order valence-corrected chi connectivity index (χ1v) is 13.6. The third-order valence-electron chi connectivity index (χ3n) is 7.32. The van der Waals surface area contributed by atoms with E-state index >= 15 is 0 Å². The van der Waals surface area contributed by atoms with Crippen molar-refractivity contribution in [1.29, 1.82) is 0 Å². The number of hydrogen-bond acceptors (Lipinski definition) is 6. The largest absolute Gasteiger partial charge is 0.490 e. The molecule has 8 nitrogen and oxygen atoms in total. The van der Waals surface area contributed by atoms with Gasteiger partial charge in [0.25, 0.3) is 5.56 Å². The first-order valence-electron chi connectivity index (χ1n) is 13.6. The molecule has 0 radical (unpaired) electrons. The summed E-state index contributed by atoms with van der Waals surface area (Å²) in [6.45, 7) is 6.04. The van der Waals surface area contributed by atoms with E-state index in [4.69, 9.17) is 14.2 Å². The molecule has 1 aliphatic rings. The van der Waals surface area contributed by atoms with Crippen molar-refractivity contribution in [3.63, 3.8) is 0 Å². The first-order chi connectivity index (χ1) is 19.4. The molecule has 6 rings (SSSR count). The highest BCUT2D eigenvalue weighted by Gasteiger charge is 2.22. The van der Waals surface area contributed by atoms with Crippen molar-refractivity contribution in [1.82, 2.24) is 19.7 Å². The summed E-state index contributed by atoms with van der Waals surface area (Å²) in [6.07, 6.45) is 3.08. The molecule has 40 heavy (non-hydrogen) atoms. The number of nitrogens with zero attached hydrogens (tertiary/aromatic N) is 3. The van der Waals surface area contributed by atoms with Crippen LogP contribution in [0.4, 0.5) is 0 Å². The minimum Gasteiger partial charge on any atom is -0.490 e. The van der Waals surface area contributed by atoms with Crippen molar-refractivity contribution in [2.45, 2.75) is 52.6 Å². The SMILES string of the molecule is CCCc1nc(C)n(-c2ccc3c(c2)CC(C)O3)c(=O)c1Cc1ccc(-c2ccccc2-c2noc(=O)[nH]2)cc1. The Hall–Kier alpha value is -4.72. The summed E-state index contributed by atoms with van der Waals surface area (Å²) < 4.78 is 12.3. The molecule has 0 bridgehead atoms. The fourth-order valence-electron chi connectivity index (χ4n) is 5.48. The summed E-state index contributed by atoms with van der Waals surface area (Å²) in [5.74, 6) is 1.35. The first kappa shape index (κ1) is 25.6. The highest BCUT2D eigenvalue weighted by Crippen LogP contribution is 2.32. The number of H-pyrrole nitrogens is 1. The normalized spacial score (nSPS) is 14.2. The second-order valence-electron chi connectivity index (χ2n) is 10.3. The quantitative estimate of drug-likeness (QED) is 0.299. The van der Waals surface area contributed by atoms with Gasteiger partial charge in [-0.1, -0.05) is 67.0 Å². The zero-order valence-electron chi connectivity index (χ0n) is 22.7. The van der Waals surface area contributed by atoms with Crippen LogP contribution < -0.4 is 16.1 Å². The van der Waals surface area contributed by atoms with Crippen LogP contribution in [-0.2, 0) is 19.3 Å². The third-order valence-corrected chi connectivity index (χ3v) is 7.32. The molecular formula is C32H30N4O4. The van der Waals surface area contributed by atoms with E-state index in [-0.39, 0.29) is 11.7 Å². The molecule has 2 aromatic heterocycles. The number of fused-ring (bicyclic) bond motifs is 1. The molecule has 1 N–H and O–H groups in total. The van der Waals surface area contributed by atoms with Gasteiger partial charge in [-0.15, -0.1) is 0 Å². The Labute approximate surface area is 231 Å². The second kappa shape index (κ2) is 10.4. The van der Waals surface area contributed by atoms with Crippen molar-refractivity contribution in [2.24, 2.45) is 0 Å². The molecule has 0 fully saturated rings. The number of aromatic nitrogens is 4. The highest BCUT2D eigenvalue weighted by atomic mass is 16.5. The number of aryl methyl sites for hydroxylation is 2. The van der Waals surface area contributed by atoms with Crippen LogP contribution in [0.1, 0.15) is 48.5 Å². The molecule has 3 aromatic carbocycles. The molecular weight excluding hydrogens is 504 g/mol. The van der Waals surface area contributed by atoms with E-state index in [0.717, 1.165) is 64.2 Å². The Balaban J connectivity index is 1.36. The third kappa shape index (κ3) is 4.77. The predicted octanol–water partition coefficient (Wildman–Crippen LogP) is 5.42. The Kier molecular flexibility index (Phi) is 6.67. The smallest absolute Gasteiger partial charge is 0.439 e. The highest BCUT2D eigenvalue weighted by molar-refractivity contribution is 5.80. The summed E-state index contributed by atoms with van der Waals surface area (Å²) in [7, 11) is 0. The van der Waals surface area contributed by atoms with Crippen LogP contribution in [0.25, 0.3) is 28.2 Å². The lowest BCUT2D eigenvalue weighted by molar-refractivity contribution is 0.254. The monoisotopic (exact) mass is 534 g/mol. The average molecular weight is 535 g/mol. The summed E-state index contributed by atoms with van der Waals surface area (Å²) in [6, 6.07) is 21.7.